The minimum atomic E-state index is -0.914. The first kappa shape index (κ1) is 12.8. The molecule has 1 aromatic carbocycles. The lowest BCUT2D eigenvalue weighted by molar-refractivity contribution is -0.143. The summed E-state index contributed by atoms with van der Waals surface area (Å²) in [6, 6.07) is 9.02. The summed E-state index contributed by atoms with van der Waals surface area (Å²) < 4.78 is 4.85. The topological polar surface area (TPSA) is 79.8 Å². The fraction of sp³-hybridized carbons (Fsp3) is 0.250. The largest absolute Gasteiger partial charge is 0.452 e. The highest BCUT2D eigenvalue weighted by Gasteiger charge is 2.29. The Morgan fingerprint density at radius 3 is 2.47 bits per heavy atom. The SMILES string of the molecule is CCC(=O)C(=[N+]=[N-])C(=O)OCc1ccccc1. The Balaban J connectivity index is 2.61. The second-order valence-electron chi connectivity index (χ2n) is 3.29. The number of nitrogens with zero attached hydrogens (tertiary/aromatic N) is 2. The second-order valence-corrected chi connectivity index (χ2v) is 3.29. The van der Waals surface area contributed by atoms with Crippen LogP contribution in [0, 0.1) is 0 Å². The fourth-order valence-corrected chi connectivity index (χ4v) is 1.17. The summed E-state index contributed by atoms with van der Waals surface area (Å²) in [6.45, 7) is 1.60. The summed E-state index contributed by atoms with van der Waals surface area (Å²) in [5.74, 6) is -1.46. The van der Waals surface area contributed by atoms with E-state index in [0.29, 0.717) is 0 Å². The number of carbonyl (C=O) groups excluding carboxylic acids is 2. The molecule has 0 radical (unpaired) electrons. The summed E-state index contributed by atoms with van der Waals surface area (Å²) in [7, 11) is 0. The smallest absolute Gasteiger partial charge is 0.441 e. The molecule has 5 nitrogen and oxygen atoms in total. The minimum absolute atomic E-state index is 0.0374. The van der Waals surface area contributed by atoms with Crippen LogP contribution in [-0.2, 0) is 20.9 Å². The number of carbonyl (C=O) groups is 2. The molecular formula is C12H12N2O3. The lowest BCUT2D eigenvalue weighted by atomic mass is 10.2. The summed E-state index contributed by atoms with van der Waals surface area (Å²) in [5.41, 5.74) is 8.79. The molecular weight excluding hydrogens is 220 g/mol. The molecule has 0 saturated heterocycles. The third-order valence-electron chi connectivity index (χ3n) is 2.09. The Hall–Kier alpha value is -2.26. The van der Waals surface area contributed by atoms with E-state index in [1.165, 1.54) is 0 Å². The van der Waals surface area contributed by atoms with Gasteiger partial charge in [0.1, 0.15) is 6.61 Å². The zero-order valence-corrected chi connectivity index (χ0v) is 9.42. The molecule has 1 aromatic rings. The summed E-state index contributed by atoms with van der Waals surface area (Å²) >= 11 is 0. The lowest BCUT2D eigenvalue weighted by Gasteiger charge is -2.01. The first-order valence-electron chi connectivity index (χ1n) is 5.15. The van der Waals surface area contributed by atoms with Gasteiger partial charge in [0, 0.05) is 6.42 Å². The van der Waals surface area contributed by atoms with Crippen LogP contribution in [0.5, 0.6) is 0 Å². The zero-order valence-electron chi connectivity index (χ0n) is 9.42. The minimum Gasteiger partial charge on any atom is -0.452 e. The van der Waals surface area contributed by atoms with Crippen molar-refractivity contribution in [2.24, 2.45) is 0 Å². The van der Waals surface area contributed by atoms with Gasteiger partial charge < -0.3 is 10.3 Å². The maximum absolute atomic E-state index is 11.4. The van der Waals surface area contributed by atoms with Gasteiger partial charge in [0.25, 0.3) is 5.78 Å². The molecule has 0 aliphatic carbocycles. The van der Waals surface area contributed by atoms with E-state index in [0.717, 1.165) is 5.56 Å². The first-order valence-corrected chi connectivity index (χ1v) is 5.15. The van der Waals surface area contributed by atoms with Crippen LogP contribution in [0.15, 0.2) is 30.3 Å². The Kier molecular flexibility index (Phi) is 4.78. The Bertz CT molecular complexity index is 462. The third-order valence-corrected chi connectivity index (χ3v) is 2.09. The van der Waals surface area contributed by atoms with Crippen molar-refractivity contribution in [1.29, 1.82) is 0 Å². The average Bonchev–Trinajstić information content (AvgIpc) is 2.38. The number of rotatable bonds is 5. The number of ketones is 1. The van der Waals surface area contributed by atoms with Gasteiger partial charge in [0.2, 0.25) is 0 Å². The quantitative estimate of drug-likeness (QED) is 0.253. The number of ether oxygens (including phenoxy) is 1. The molecule has 0 fully saturated rings. The van der Waals surface area contributed by atoms with E-state index in [2.05, 4.69) is 4.79 Å². The number of Topliss-reactive ketones (excluding diaryl/α,β-unsaturated/α-hetero) is 1. The van der Waals surface area contributed by atoms with Crippen molar-refractivity contribution in [3.05, 3.63) is 41.4 Å². The van der Waals surface area contributed by atoms with Gasteiger partial charge in [0.05, 0.1) is 0 Å². The highest BCUT2D eigenvalue weighted by Crippen LogP contribution is 2.01. The monoisotopic (exact) mass is 232 g/mol. The Morgan fingerprint density at radius 2 is 1.94 bits per heavy atom. The van der Waals surface area contributed by atoms with Crippen LogP contribution in [0.1, 0.15) is 18.9 Å². The van der Waals surface area contributed by atoms with E-state index >= 15 is 0 Å². The van der Waals surface area contributed by atoms with E-state index in [9.17, 15) is 9.59 Å². The summed E-state index contributed by atoms with van der Waals surface area (Å²) in [6.07, 6.45) is 0.0832. The van der Waals surface area contributed by atoms with Crippen molar-refractivity contribution < 1.29 is 19.1 Å². The summed E-state index contributed by atoms with van der Waals surface area (Å²) in [5, 5.41) is 0. The average molecular weight is 232 g/mol. The van der Waals surface area contributed by atoms with Crippen LogP contribution in [0.25, 0.3) is 5.53 Å². The Labute approximate surface area is 98.6 Å². The predicted molar refractivity (Wildman–Crippen MR) is 60.2 cm³/mol. The molecule has 0 heterocycles. The van der Waals surface area contributed by atoms with E-state index in [1.807, 2.05) is 6.07 Å². The van der Waals surface area contributed by atoms with Gasteiger partial charge in [-0.3, -0.25) is 4.79 Å². The highest BCUT2D eigenvalue weighted by molar-refractivity contribution is 6.62. The second kappa shape index (κ2) is 6.35. The molecule has 0 atom stereocenters. The van der Waals surface area contributed by atoms with Crippen molar-refractivity contribution in [2.75, 3.05) is 0 Å². The molecule has 0 aromatic heterocycles. The van der Waals surface area contributed by atoms with Gasteiger partial charge in [-0.1, -0.05) is 37.3 Å². The normalized spacial score (nSPS) is 9.24. The van der Waals surface area contributed by atoms with Crippen molar-refractivity contribution in [1.82, 2.24) is 0 Å². The zero-order chi connectivity index (χ0) is 12.7. The standard InChI is InChI=1S/C12H12N2O3/c1-2-10(15)11(14-13)12(16)17-8-9-6-4-3-5-7-9/h3-7H,2,8H2,1H3. The number of benzene rings is 1. The highest BCUT2D eigenvalue weighted by atomic mass is 16.5. The fourth-order valence-electron chi connectivity index (χ4n) is 1.17. The molecule has 0 amide bonds. The van der Waals surface area contributed by atoms with Gasteiger partial charge >= 0.3 is 11.7 Å². The van der Waals surface area contributed by atoms with Crippen molar-refractivity contribution in [2.45, 2.75) is 20.0 Å². The van der Waals surface area contributed by atoms with Crippen LogP contribution in [0.2, 0.25) is 0 Å². The van der Waals surface area contributed by atoms with Gasteiger partial charge in [0.15, 0.2) is 0 Å². The molecule has 0 unspecified atom stereocenters. The van der Waals surface area contributed by atoms with Crippen LogP contribution >= 0.6 is 0 Å². The molecule has 0 aliphatic heterocycles. The van der Waals surface area contributed by atoms with Crippen molar-refractivity contribution >= 4 is 17.5 Å². The first-order chi connectivity index (χ1) is 8.19. The molecule has 0 aliphatic rings. The van der Waals surface area contributed by atoms with Gasteiger partial charge in [-0.2, -0.15) is 4.79 Å². The maximum Gasteiger partial charge on any atom is 0.441 e. The van der Waals surface area contributed by atoms with Gasteiger partial charge in [-0.05, 0) is 5.56 Å². The lowest BCUT2D eigenvalue weighted by Crippen LogP contribution is -2.26. The van der Waals surface area contributed by atoms with E-state index in [-0.39, 0.29) is 13.0 Å². The van der Waals surface area contributed by atoms with Crippen LogP contribution in [0.4, 0.5) is 0 Å². The number of hydrogen-bond donors (Lipinski definition) is 0. The molecule has 88 valence electrons. The molecule has 0 saturated carbocycles. The number of esters is 1. The predicted octanol–water partition coefficient (Wildman–Crippen LogP) is 1.38. The van der Waals surface area contributed by atoms with E-state index in [4.69, 9.17) is 10.3 Å². The van der Waals surface area contributed by atoms with Crippen LogP contribution in [-0.4, -0.2) is 22.3 Å². The molecule has 0 N–H and O–H groups in total. The molecule has 1 rings (SSSR count). The Morgan fingerprint density at radius 1 is 1.29 bits per heavy atom. The van der Waals surface area contributed by atoms with Gasteiger partial charge in [-0.15, -0.1) is 0 Å². The maximum atomic E-state index is 11.4. The van der Waals surface area contributed by atoms with Crippen LogP contribution < -0.4 is 0 Å². The number of hydrogen-bond acceptors (Lipinski definition) is 3. The molecule has 0 bridgehead atoms. The molecule has 5 heteroatoms. The molecule has 17 heavy (non-hydrogen) atoms. The van der Waals surface area contributed by atoms with E-state index in [1.54, 1.807) is 31.2 Å². The van der Waals surface area contributed by atoms with Crippen molar-refractivity contribution in [3.8, 4) is 0 Å². The van der Waals surface area contributed by atoms with Gasteiger partial charge in [-0.25, -0.2) is 4.79 Å². The van der Waals surface area contributed by atoms with Crippen LogP contribution in [0.3, 0.4) is 0 Å². The van der Waals surface area contributed by atoms with E-state index < -0.39 is 17.5 Å². The van der Waals surface area contributed by atoms with Crippen molar-refractivity contribution in [3.63, 3.8) is 0 Å². The summed E-state index contributed by atoms with van der Waals surface area (Å²) in [4.78, 5) is 25.3. The molecule has 0 spiro atoms. The third kappa shape index (κ3) is 3.66.